The molecule has 36 heavy (non-hydrogen) atoms. The van der Waals surface area contributed by atoms with Crippen molar-refractivity contribution in [3.63, 3.8) is 0 Å². The average Bonchev–Trinajstić information content (AvgIpc) is 3.21. The van der Waals surface area contributed by atoms with Crippen LogP contribution < -0.4 is 0 Å². The van der Waals surface area contributed by atoms with Crippen molar-refractivity contribution < 1.29 is 19.1 Å². The van der Waals surface area contributed by atoms with E-state index in [9.17, 15) is 9.59 Å². The van der Waals surface area contributed by atoms with Crippen LogP contribution in [0.25, 0.3) is 0 Å². The minimum absolute atomic E-state index is 0.222. The van der Waals surface area contributed by atoms with E-state index in [-0.39, 0.29) is 12.2 Å². The third kappa shape index (κ3) is 11.6. The van der Waals surface area contributed by atoms with Crippen molar-refractivity contribution in [1.82, 2.24) is 9.80 Å². The van der Waals surface area contributed by atoms with Crippen molar-refractivity contribution in [2.24, 2.45) is 0 Å². The molecular formula is C30H38N2O4. The first-order valence-electron chi connectivity index (χ1n) is 12.4. The van der Waals surface area contributed by atoms with E-state index < -0.39 is 0 Å². The van der Waals surface area contributed by atoms with Crippen LogP contribution in [0.3, 0.4) is 0 Å². The van der Waals surface area contributed by atoms with Gasteiger partial charge in [-0.25, -0.2) is 9.59 Å². The molecule has 0 N–H and O–H groups in total. The Morgan fingerprint density at radius 1 is 0.889 bits per heavy atom. The summed E-state index contributed by atoms with van der Waals surface area (Å²) in [5, 5.41) is 0. The summed E-state index contributed by atoms with van der Waals surface area (Å²) in [6.07, 6.45) is 11.0. The fourth-order valence-electron chi connectivity index (χ4n) is 3.44. The molecule has 3 rings (SSSR count). The SMILES string of the molecule is C=CCCCN(CC=C)C(=O)OCc1ccccc1.O=C(OCc1ccccc1)N1CC=CCCC1. The van der Waals surface area contributed by atoms with Gasteiger partial charge in [-0.05, 0) is 36.8 Å². The number of carbonyl (C=O) groups excluding carboxylic acids is 2. The molecular weight excluding hydrogens is 452 g/mol. The summed E-state index contributed by atoms with van der Waals surface area (Å²) in [5.41, 5.74) is 2.01. The first kappa shape index (κ1) is 28.4. The van der Waals surface area contributed by atoms with Crippen LogP contribution in [0, 0.1) is 0 Å². The van der Waals surface area contributed by atoms with E-state index in [1.165, 1.54) is 0 Å². The molecule has 6 nitrogen and oxygen atoms in total. The lowest BCUT2D eigenvalue weighted by Crippen LogP contribution is -2.32. The van der Waals surface area contributed by atoms with Gasteiger partial charge in [-0.3, -0.25) is 0 Å². The Morgan fingerprint density at radius 3 is 2.14 bits per heavy atom. The molecule has 0 radical (unpaired) electrons. The lowest BCUT2D eigenvalue weighted by molar-refractivity contribution is 0.0993. The molecule has 0 fully saturated rings. The monoisotopic (exact) mass is 490 g/mol. The number of nitrogens with zero attached hydrogens (tertiary/aromatic N) is 2. The van der Waals surface area contributed by atoms with Gasteiger partial charge < -0.3 is 19.3 Å². The summed E-state index contributed by atoms with van der Waals surface area (Å²) in [6.45, 7) is 10.6. The highest BCUT2D eigenvalue weighted by Gasteiger charge is 2.14. The van der Waals surface area contributed by atoms with Crippen LogP contribution in [0.2, 0.25) is 0 Å². The maximum absolute atomic E-state index is 11.9. The van der Waals surface area contributed by atoms with E-state index in [4.69, 9.17) is 9.47 Å². The maximum atomic E-state index is 11.9. The number of ether oxygens (including phenoxy) is 2. The summed E-state index contributed by atoms with van der Waals surface area (Å²) in [4.78, 5) is 27.1. The molecule has 0 spiro atoms. The number of hydrogen-bond donors (Lipinski definition) is 0. The third-order valence-corrected chi connectivity index (χ3v) is 5.40. The van der Waals surface area contributed by atoms with Gasteiger partial charge in [0.1, 0.15) is 13.2 Å². The van der Waals surface area contributed by atoms with Crippen LogP contribution in [0.15, 0.2) is 98.1 Å². The van der Waals surface area contributed by atoms with E-state index in [0.717, 1.165) is 43.4 Å². The van der Waals surface area contributed by atoms with E-state index in [0.29, 0.717) is 32.8 Å². The molecule has 2 aromatic rings. The van der Waals surface area contributed by atoms with Crippen molar-refractivity contribution in [3.05, 3.63) is 109 Å². The van der Waals surface area contributed by atoms with Gasteiger partial charge in [-0.1, -0.05) is 85.0 Å². The van der Waals surface area contributed by atoms with E-state index in [2.05, 4.69) is 19.2 Å². The molecule has 0 saturated carbocycles. The highest BCUT2D eigenvalue weighted by molar-refractivity contribution is 5.68. The summed E-state index contributed by atoms with van der Waals surface area (Å²) in [7, 11) is 0. The highest BCUT2D eigenvalue weighted by atomic mass is 16.6. The van der Waals surface area contributed by atoms with Gasteiger partial charge in [0, 0.05) is 26.2 Å². The lowest BCUT2D eigenvalue weighted by atomic mass is 10.2. The van der Waals surface area contributed by atoms with Crippen molar-refractivity contribution >= 4 is 12.2 Å². The predicted octanol–water partition coefficient (Wildman–Crippen LogP) is 6.75. The Morgan fingerprint density at radius 2 is 1.53 bits per heavy atom. The number of benzene rings is 2. The number of hydrogen-bond acceptors (Lipinski definition) is 4. The third-order valence-electron chi connectivity index (χ3n) is 5.40. The average molecular weight is 491 g/mol. The molecule has 2 aromatic carbocycles. The molecule has 0 unspecified atom stereocenters. The van der Waals surface area contributed by atoms with Crippen LogP contribution >= 0.6 is 0 Å². The first-order chi connectivity index (χ1) is 17.6. The van der Waals surface area contributed by atoms with Crippen molar-refractivity contribution in [1.29, 1.82) is 0 Å². The Kier molecular flexibility index (Phi) is 13.9. The quantitative estimate of drug-likeness (QED) is 0.273. The topological polar surface area (TPSA) is 59.1 Å². The second kappa shape index (κ2) is 17.6. The largest absolute Gasteiger partial charge is 0.445 e. The second-order valence-electron chi connectivity index (χ2n) is 8.31. The summed E-state index contributed by atoms with van der Waals surface area (Å²) in [6, 6.07) is 19.4. The fourth-order valence-corrected chi connectivity index (χ4v) is 3.44. The normalized spacial score (nSPS) is 12.4. The van der Waals surface area contributed by atoms with Crippen molar-refractivity contribution in [2.75, 3.05) is 26.2 Å². The van der Waals surface area contributed by atoms with Crippen molar-refractivity contribution in [2.45, 2.75) is 38.9 Å². The van der Waals surface area contributed by atoms with Crippen LogP contribution in [0.5, 0.6) is 0 Å². The summed E-state index contributed by atoms with van der Waals surface area (Å²) >= 11 is 0. The van der Waals surface area contributed by atoms with Gasteiger partial charge in [0.25, 0.3) is 0 Å². The van der Waals surface area contributed by atoms with Crippen LogP contribution in [-0.2, 0) is 22.7 Å². The zero-order valence-electron chi connectivity index (χ0n) is 21.1. The smallest absolute Gasteiger partial charge is 0.410 e. The molecule has 0 aromatic heterocycles. The minimum Gasteiger partial charge on any atom is -0.445 e. The second-order valence-corrected chi connectivity index (χ2v) is 8.31. The molecule has 192 valence electrons. The molecule has 6 heteroatoms. The first-order valence-corrected chi connectivity index (χ1v) is 12.4. The lowest BCUT2D eigenvalue weighted by Gasteiger charge is -2.20. The highest BCUT2D eigenvalue weighted by Crippen LogP contribution is 2.08. The molecule has 1 heterocycles. The van der Waals surface area contributed by atoms with Gasteiger partial charge in [-0.2, -0.15) is 0 Å². The Bertz CT molecular complexity index is 944. The van der Waals surface area contributed by atoms with Crippen molar-refractivity contribution in [3.8, 4) is 0 Å². The van der Waals surface area contributed by atoms with Crippen LogP contribution in [0.4, 0.5) is 9.59 Å². The van der Waals surface area contributed by atoms with Gasteiger partial charge in [-0.15, -0.1) is 13.2 Å². The summed E-state index contributed by atoms with van der Waals surface area (Å²) < 4.78 is 10.6. The molecule has 0 atom stereocenters. The van der Waals surface area contributed by atoms with E-state index >= 15 is 0 Å². The predicted molar refractivity (Wildman–Crippen MR) is 144 cm³/mol. The van der Waals surface area contributed by atoms with Gasteiger partial charge >= 0.3 is 12.2 Å². The van der Waals surface area contributed by atoms with E-state index in [1.54, 1.807) is 15.9 Å². The maximum Gasteiger partial charge on any atom is 0.410 e. The Labute approximate surface area is 215 Å². The number of allylic oxidation sites excluding steroid dienone is 2. The zero-order chi connectivity index (χ0) is 25.8. The molecule has 1 aliphatic heterocycles. The zero-order valence-corrected chi connectivity index (χ0v) is 21.1. The van der Waals surface area contributed by atoms with Crippen LogP contribution in [0.1, 0.15) is 36.8 Å². The molecule has 1 aliphatic rings. The van der Waals surface area contributed by atoms with E-state index in [1.807, 2.05) is 72.8 Å². The molecule has 0 bridgehead atoms. The number of rotatable bonds is 10. The molecule has 0 aliphatic carbocycles. The molecule has 0 saturated heterocycles. The fraction of sp³-hybridized carbons (Fsp3) is 0.333. The number of carbonyl (C=O) groups is 2. The summed E-state index contributed by atoms with van der Waals surface area (Å²) in [5.74, 6) is 0. The Hall–Kier alpha value is -3.80. The van der Waals surface area contributed by atoms with Gasteiger partial charge in [0.15, 0.2) is 0 Å². The number of amides is 2. The molecule has 2 amide bonds. The minimum atomic E-state index is -0.298. The standard InChI is InChI=1S/C16H21NO2.C14H17NO2/c1-3-5-9-13-17(12-4-2)16(18)19-14-15-10-7-6-8-11-15;16-14(15-10-6-1-2-7-11-15)17-12-13-8-4-3-5-9-13/h3-4,6-8,10-11H,1-2,5,9,12-14H2;1,3-6,8-9H,2,7,10-12H2. The van der Waals surface area contributed by atoms with Gasteiger partial charge in [0.05, 0.1) is 0 Å². The number of unbranched alkanes of at least 4 members (excludes halogenated alkanes) is 1. The van der Waals surface area contributed by atoms with Gasteiger partial charge in [0.2, 0.25) is 0 Å². The van der Waals surface area contributed by atoms with Crippen LogP contribution in [-0.4, -0.2) is 48.2 Å². The Balaban J connectivity index is 0.000000255.